The van der Waals surface area contributed by atoms with Crippen molar-refractivity contribution < 1.29 is 18.7 Å². The number of nitrogens with zero attached hydrogens (tertiary/aromatic N) is 2. The van der Waals surface area contributed by atoms with Crippen LogP contribution >= 0.6 is 0 Å². The van der Waals surface area contributed by atoms with Crippen molar-refractivity contribution >= 4 is 17.5 Å². The first-order chi connectivity index (χ1) is 13.0. The van der Waals surface area contributed by atoms with Crippen molar-refractivity contribution in [2.75, 3.05) is 37.7 Å². The molecule has 0 aliphatic carbocycles. The summed E-state index contributed by atoms with van der Waals surface area (Å²) in [6.45, 7) is 4.58. The molecule has 1 aromatic carbocycles. The lowest BCUT2D eigenvalue weighted by Crippen LogP contribution is -2.44. The van der Waals surface area contributed by atoms with Crippen molar-refractivity contribution in [2.45, 2.75) is 38.7 Å². The zero-order chi connectivity index (χ0) is 19.4. The van der Waals surface area contributed by atoms with Crippen molar-refractivity contribution in [3.63, 3.8) is 0 Å². The van der Waals surface area contributed by atoms with Crippen LogP contribution in [-0.2, 0) is 14.3 Å². The fraction of sp³-hybridized carbons (Fsp3) is 0.600. The lowest BCUT2D eigenvalue weighted by atomic mass is 10.0. The van der Waals surface area contributed by atoms with Gasteiger partial charge in [0, 0.05) is 32.7 Å². The van der Waals surface area contributed by atoms with Crippen molar-refractivity contribution in [3.8, 4) is 0 Å². The molecule has 2 heterocycles. The predicted octanol–water partition coefficient (Wildman–Crippen LogP) is 1.84. The quantitative estimate of drug-likeness (QED) is 0.768. The average molecular weight is 377 g/mol. The monoisotopic (exact) mass is 377 g/mol. The first-order valence-corrected chi connectivity index (χ1v) is 9.66. The lowest BCUT2D eigenvalue weighted by molar-refractivity contribution is -0.138. The van der Waals surface area contributed by atoms with E-state index in [4.69, 9.17) is 10.5 Å². The first-order valence-electron chi connectivity index (χ1n) is 9.66. The van der Waals surface area contributed by atoms with Crippen LogP contribution in [0.4, 0.5) is 10.1 Å². The van der Waals surface area contributed by atoms with Gasteiger partial charge in [0.1, 0.15) is 5.82 Å². The minimum Gasteiger partial charge on any atom is -0.378 e. The number of likely N-dealkylation sites (tertiary alicyclic amines) is 1. The maximum absolute atomic E-state index is 14.2. The molecule has 27 heavy (non-hydrogen) atoms. The van der Waals surface area contributed by atoms with Gasteiger partial charge in [-0.2, -0.15) is 0 Å². The van der Waals surface area contributed by atoms with Gasteiger partial charge in [0.25, 0.3) is 0 Å². The molecule has 7 heteroatoms. The number of aryl methyl sites for hydroxylation is 1. The third kappa shape index (κ3) is 4.65. The second kappa shape index (κ2) is 8.80. The van der Waals surface area contributed by atoms with E-state index in [1.165, 1.54) is 11.0 Å². The van der Waals surface area contributed by atoms with Crippen LogP contribution in [0.5, 0.6) is 0 Å². The van der Waals surface area contributed by atoms with Gasteiger partial charge in [-0.1, -0.05) is 6.07 Å². The number of carbonyl (C=O) groups is 2. The molecule has 0 saturated carbocycles. The Labute approximate surface area is 159 Å². The molecule has 2 saturated heterocycles. The summed E-state index contributed by atoms with van der Waals surface area (Å²) in [6, 6.07) is 4.79. The van der Waals surface area contributed by atoms with Gasteiger partial charge in [-0.25, -0.2) is 4.39 Å². The highest BCUT2D eigenvalue weighted by molar-refractivity contribution is 6.00. The van der Waals surface area contributed by atoms with Crippen LogP contribution in [0.1, 0.15) is 31.2 Å². The molecule has 148 valence electrons. The number of amides is 2. The topological polar surface area (TPSA) is 75.9 Å². The summed E-state index contributed by atoms with van der Waals surface area (Å²) in [5.74, 6) is -1.05. The van der Waals surface area contributed by atoms with E-state index in [9.17, 15) is 14.0 Å². The second-order valence-electron chi connectivity index (χ2n) is 7.40. The maximum Gasteiger partial charge on any atom is 0.228 e. The number of rotatable bonds is 6. The number of piperidine rings is 1. The van der Waals surface area contributed by atoms with Crippen LogP contribution in [-0.4, -0.2) is 55.6 Å². The number of benzene rings is 1. The van der Waals surface area contributed by atoms with Crippen LogP contribution in [0.2, 0.25) is 0 Å². The van der Waals surface area contributed by atoms with E-state index in [0.29, 0.717) is 26.2 Å². The number of halogens is 1. The minimum atomic E-state index is -0.424. The molecule has 6 nitrogen and oxygen atoms in total. The lowest BCUT2D eigenvalue weighted by Gasteiger charge is -2.33. The van der Waals surface area contributed by atoms with E-state index in [1.54, 1.807) is 19.1 Å². The molecule has 2 aliphatic rings. The molecule has 0 unspecified atom stereocenters. The Bertz CT molecular complexity index is 689. The predicted molar refractivity (Wildman–Crippen MR) is 101 cm³/mol. The van der Waals surface area contributed by atoms with Crippen molar-refractivity contribution in [2.24, 2.45) is 11.7 Å². The van der Waals surface area contributed by atoms with Gasteiger partial charge < -0.3 is 20.3 Å². The smallest absolute Gasteiger partial charge is 0.228 e. The Morgan fingerprint density at radius 1 is 1.33 bits per heavy atom. The standard InChI is InChI=1S/C20H28FN3O3/c1-14-3-4-18(17(21)11-14)24-13-15(12-19(24)25)20(26)23-8-5-16(6-9-23)27-10-2-7-22/h3-4,11,15-16H,2,5-10,12-13,22H2,1H3/t15-/m0/s1. The molecule has 3 rings (SSSR count). The van der Waals surface area contributed by atoms with E-state index >= 15 is 0 Å². The zero-order valence-electron chi connectivity index (χ0n) is 15.8. The summed E-state index contributed by atoms with van der Waals surface area (Å²) in [6.07, 6.45) is 2.75. The molecular weight excluding hydrogens is 349 g/mol. The van der Waals surface area contributed by atoms with Crippen LogP contribution in [0, 0.1) is 18.7 Å². The van der Waals surface area contributed by atoms with E-state index in [-0.39, 0.29) is 36.6 Å². The van der Waals surface area contributed by atoms with Crippen LogP contribution in [0.3, 0.4) is 0 Å². The summed E-state index contributed by atoms with van der Waals surface area (Å²) in [4.78, 5) is 28.4. The van der Waals surface area contributed by atoms with Gasteiger partial charge in [-0.05, 0) is 50.4 Å². The molecule has 2 N–H and O–H groups in total. The Morgan fingerprint density at radius 3 is 2.74 bits per heavy atom. The number of nitrogens with two attached hydrogens (primary N) is 1. The summed E-state index contributed by atoms with van der Waals surface area (Å²) < 4.78 is 20.0. The molecule has 0 radical (unpaired) electrons. The molecule has 2 amide bonds. The molecule has 2 aliphatic heterocycles. The highest BCUT2D eigenvalue weighted by Crippen LogP contribution is 2.29. The summed E-state index contributed by atoms with van der Waals surface area (Å²) in [5, 5.41) is 0. The molecule has 1 aromatic rings. The van der Waals surface area contributed by atoms with E-state index in [0.717, 1.165) is 24.8 Å². The number of hydrogen-bond donors (Lipinski definition) is 1. The maximum atomic E-state index is 14.2. The fourth-order valence-electron chi connectivity index (χ4n) is 3.77. The van der Waals surface area contributed by atoms with Gasteiger partial charge in [0.05, 0.1) is 17.7 Å². The Morgan fingerprint density at radius 2 is 2.07 bits per heavy atom. The third-order valence-corrected chi connectivity index (χ3v) is 5.32. The van der Waals surface area contributed by atoms with E-state index in [1.807, 2.05) is 4.90 Å². The molecule has 1 atom stereocenters. The van der Waals surface area contributed by atoms with E-state index < -0.39 is 11.7 Å². The van der Waals surface area contributed by atoms with Gasteiger partial charge in [-0.15, -0.1) is 0 Å². The molecular formula is C20H28FN3O3. The van der Waals surface area contributed by atoms with Crippen LogP contribution in [0.15, 0.2) is 18.2 Å². The van der Waals surface area contributed by atoms with Gasteiger partial charge in [0.15, 0.2) is 0 Å². The highest BCUT2D eigenvalue weighted by atomic mass is 19.1. The Kier molecular flexibility index (Phi) is 6.44. The molecule has 2 fully saturated rings. The molecule has 0 bridgehead atoms. The third-order valence-electron chi connectivity index (χ3n) is 5.32. The summed E-state index contributed by atoms with van der Waals surface area (Å²) in [7, 11) is 0. The highest BCUT2D eigenvalue weighted by Gasteiger charge is 2.38. The first kappa shape index (κ1) is 19.8. The normalized spacial score (nSPS) is 21.1. The van der Waals surface area contributed by atoms with Crippen molar-refractivity contribution in [1.29, 1.82) is 0 Å². The number of anilines is 1. The van der Waals surface area contributed by atoms with Crippen molar-refractivity contribution in [1.82, 2.24) is 4.90 Å². The van der Waals surface area contributed by atoms with Gasteiger partial charge in [0.2, 0.25) is 11.8 Å². The van der Waals surface area contributed by atoms with Gasteiger partial charge >= 0.3 is 0 Å². The average Bonchev–Trinajstić information content (AvgIpc) is 3.03. The zero-order valence-corrected chi connectivity index (χ0v) is 15.8. The SMILES string of the molecule is Cc1ccc(N2C[C@@H](C(=O)N3CCC(OCCCN)CC3)CC2=O)c(F)c1. The summed E-state index contributed by atoms with van der Waals surface area (Å²) in [5.41, 5.74) is 6.52. The number of hydrogen-bond acceptors (Lipinski definition) is 4. The Balaban J connectivity index is 1.55. The summed E-state index contributed by atoms with van der Waals surface area (Å²) >= 11 is 0. The minimum absolute atomic E-state index is 0.0150. The Hall–Kier alpha value is -1.99. The van der Waals surface area contributed by atoms with Crippen LogP contribution in [0.25, 0.3) is 0 Å². The molecule has 0 aromatic heterocycles. The molecule has 0 spiro atoms. The second-order valence-corrected chi connectivity index (χ2v) is 7.40. The van der Waals surface area contributed by atoms with Gasteiger partial charge in [-0.3, -0.25) is 9.59 Å². The number of carbonyl (C=O) groups excluding carboxylic acids is 2. The van der Waals surface area contributed by atoms with E-state index in [2.05, 4.69) is 0 Å². The van der Waals surface area contributed by atoms with Crippen LogP contribution < -0.4 is 10.6 Å². The van der Waals surface area contributed by atoms with Crippen molar-refractivity contribution in [3.05, 3.63) is 29.6 Å². The number of ether oxygens (including phenoxy) is 1. The fourth-order valence-corrected chi connectivity index (χ4v) is 3.77. The largest absolute Gasteiger partial charge is 0.378 e.